The normalized spacial score (nSPS) is 17.8. The fraction of sp³-hybridized carbons (Fsp3) is 0.571. The van der Waals surface area contributed by atoms with Gasteiger partial charge in [0.15, 0.2) is 0 Å². The molecule has 0 aliphatic heterocycles. The molecule has 4 nitrogen and oxygen atoms in total. The average Bonchev–Trinajstić information content (AvgIpc) is 2.77. The van der Waals surface area contributed by atoms with E-state index in [4.69, 9.17) is 0 Å². The van der Waals surface area contributed by atoms with E-state index in [-0.39, 0.29) is 10.6 Å². The number of rotatable bonds is 5. The van der Waals surface area contributed by atoms with Gasteiger partial charge in [-0.15, -0.1) is 0 Å². The van der Waals surface area contributed by atoms with Gasteiger partial charge in [-0.1, -0.05) is 31.9 Å². The molecule has 1 saturated carbocycles. The summed E-state index contributed by atoms with van der Waals surface area (Å²) in [5.41, 5.74) is 1.56. The monoisotopic (exact) mass is 248 g/mol. The molecule has 18 heavy (non-hydrogen) atoms. The van der Waals surface area contributed by atoms with E-state index in [2.05, 4.69) is 12.2 Å². The van der Waals surface area contributed by atoms with Crippen LogP contribution < -0.4 is 5.32 Å². The second-order valence-electron chi connectivity index (χ2n) is 5.55. The maximum atomic E-state index is 10.7. The molecule has 1 aliphatic rings. The fourth-order valence-electron chi connectivity index (χ4n) is 2.69. The predicted molar refractivity (Wildman–Crippen MR) is 71.4 cm³/mol. The highest BCUT2D eigenvalue weighted by Gasteiger charge is 2.27. The topological polar surface area (TPSA) is 55.2 Å². The lowest BCUT2D eigenvalue weighted by Gasteiger charge is -2.23. The molecule has 98 valence electrons. The van der Waals surface area contributed by atoms with E-state index < -0.39 is 0 Å². The van der Waals surface area contributed by atoms with E-state index in [0.717, 1.165) is 12.1 Å². The smallest absolute Gasteiger partial charge is 0.269 e. The van der Waals surface area contributed by atoms with Crippen LogP contribution in [0.3, 0.4) is 0 Å². The Bertz CT molecular complexity index is 426. The zero-order chi connectivity index (χ0) is 13.0. The number of nitrogens with one attached hydrogen (secondary N) is 1. The van der Waals surface area contributed by atoms with E-state index in [1.807, 2.05) is 6.07 Å². The summed E-state index contributed by atoms with van der Waals surface area (Å²) in [5, 5.41) is 14.1. The van der Waals surface area contributed by atoms with Crippen molar-refractivity contribution >= 4 is 5.69 Å². The first-order valence-corrected chi connectivity index (χ1v) is 6.53. The molecular weight excluding hydrogens is 228 g/mol. The van der Waals surface area contributed by atoms with Gasteiger partial charge in [0, 0.05) is 25.2 Å². The minimum Gasteiger partial charge on any atom is -0.312 e. The van der Waals surface area contributed by atoms with Crippen LogP contribution in [0.1, 0.15) is 38.2 Å². The molecule has 0 aromatic heterocycles. The molecule has 0 heterocycles. The van der Waals surface area contributed by atoms with Crippen LogP contribution >= 0.6 is 0 Å². The van der Waals surface area contributed by atoms with Gasteiger partial charge in [0.25, 0.3) is 5.69 Å². The molecule has 2 rings (SSSR count). The van der Waals surface area contributed by atoms with Gasteiger partial charge < -0.3 is 5.32 Å². The Morgan fingerprint density at radius 1 is 1.39 bits per heavy atom. The lowest BCUT2D eigenvalue weighted by atomic mass is 9.89. The van der Waals surface area contributed by atoms with Crippen LogP contribution in [0.15, 0.2) is 24.3 Å². The Kier molecular flexibility index (Phi) is 3.97. The first-order valence-electron chi connectivity index (χ1n) is 6.53. The highest BCUT2D eigenvalue weighted by molar-refractivity contribution is 5.34. The van der Waals surface area contributed by atoms with E-state index in [0.29, 0.717) is 12.0 Å². The average molecular weight is 248 g/mol. The van der Waals surface area contributed by atoms with Crippen molar-refractivity contribution in [2.75, 3.05) is 6.54 Å². The molecule has 1 aliphatic carbocycles. The predicted octanol–water partition coefficient (Wildman–Crippen LogP) is 3.26. The standard InChI is InChI=1S/C14H20N2O2/c1-14(7-2-3-8-14)11-15-10-12-5-4-6-13(9-12)16(17)18/h4-6,9,15H,2-3,7-8,10-11H2,1H3. The van der Waals surface area contributed by atoms with Crippen molar-refractivity contribution in [2.24, 2.45) is 5.41 Å². The van der Waals surface area contributed by atoms with Crippen LogP contribution in [0.25, 0.3) is 0 Å². The van der Waals surface area contributed by atoms with Crippen LogP contribution in [0.5, 0.6) is 0 Å². The summed E-state index contributed by atoms with van der Waals surface area (Å²) >= 11 is 0. The van der Waals surface area contributed by atoms with Gasteiger partial charge in [-0.3, -0.25) is 10.1 Å². The molecule has 1 aromatic rings. The Balaban J connectivity index is 1.86. The molecule has 1 N–H and O–H groups in total. The zero-order valence-electron chi connectivity index (χ0n) is 10.8. The summed E-state index contributed by atoms with van der Waals surface area (Å²) < 4.78 is 0. The number of non-ortho nitro benzene ring substituents is 1. The largest absolute Gasteiger partial charge is 0.312 e. The van der Waals surface area contributed by atoms with Crippen LogP contribution in [-0.2, 0) is 6.54 Å². The van der Waals surface area contributed by atoms with Gasteiger partial charge >= 0.3 is 0 Å². The molecule has 0 radical (unpaired) electrons. The van der Waals surface area contributed by atoms with Gasteiger partial charge in [0.05, 0.1) is 4.92 Å². The van der Waals surface area contributed by atoms with Crippen molar-refractivity contribution in [3.05, 3.63) is 39.9 Å². The highest BCUT2D eigenvalue weighted by Crippen LogP contribution is 2.36. The molecule has 0 unspecified atom stereocenters. The van der Waals surface area contributed by atoms with Crippen LogP contribution in [0.2, 0.25) is 0 Å². The van der Waals surface area contributed by atoms with Crippen molar-refractivity contribution in [3.63, 3.8) is 0 Å². The van der Waals surface area contributed by atoms with E-state index >= 15 is 0 Å². The second kappa shape index (κ2) is 5.48. The SMILES string of the molecule is CC1(CNCc2cccc([N+](=O)[O-])c2)CCCC1. The molecule has 1 aromatic carbocycles. The molecule has 0 bridgehead atoms. The zero-order valence-corrected chi connectivity index (χ0v) is 10.8. The van der Waals surface area contributed by atoms with E-state index in [1.165, 1.54) is 31.7 Å². The fourth-order valence-corrected chi connectivity index (χ4v) is 2.69. The number of hydrogen-bond acceptors (Lipinski definition) is 3. The summed E-state index contributed by atoms with van der Waals surface area (Å²) in [6, 6.07) is 6.84. The Labute approximate surface area is 108 Å². The first kappa shape index (κ1) is 13.0. The van der Waals surface area contributed by atoms with Crippen LogP contribution in [-0.4, -0.2) is 11.5 Å². The summed E-state index contributed by atoms with van der Waals surface area (Å²) in [4.78, 5) is 10.3. The highest BCUT2D eigenvalue weighted by atomic mass is 16.6. The number of nitro groups is 1. The molecular formula is C14H20N2O2. The molecule has 0 amide bonds. The Morgan fingerprint density at radius 2 is 2.11 bits per heavy atom. The lowest BCUT2D eigenvalue weighted by Crippen LogP contribution is -2.29. The molecule has 1 fully saturated rings. The molecule has 0 atom stereocenters. The van der Waals surface area contributed by atoms with Gasteiger partial charge in [0.2, 0.25) is 0 Å². The molecule has 4 heteroatoms. The van der Waals surface area contributed by atoms with Crippen molar-refractivity contribution < 1.29 is 4.92 Å². The first-order chi connectivity index (χ1) is 8.59. The van der Waals surface area contributed by atoms with Crippen molar-refractivity contribution in [3.8, 4) is 0 Å². The van der Waals surface area contributed by atoms with Crippen LogP contribution in [0, 0.1) is 15.5 Å². The summed E-state index contributed by atoms with van der Waals surface area (Å²) in [7, 11) is 0. The van der Waals surface area contributed by atoms with Gasteiger partial charge in [-0.2, -0.15) is 0 Å². The Morgan fingerprint density at radius 3 is 2.78 bits per heavy atom. The maximum Gasteiger partial charge on any atom is 0.269 e. The van der Waals surface area contributed by atoms with Gasteiger partial charge in [-0.05, 0) is 23.8 Å². The minimum atomic E-state index is -0.345. The van der Waals surface area contributed by atoms with Gasteiger partial charge in [-0.25, -0.2) is 0 Å². The minimum absolute atomic E-state index is 0.168. The summed E-state index contributed by atoms with van der Waals surface area (Å²) in [6.07, 6.45) is 5.23. The van der Waals surface area contributed by atoms with Gasteiger partial charge in [0.1, 0.15) is 0 Å². The number of hydrogen-bond donors (Lipinski definition) is 1. The van der Waals surface area contributed by atoms with Crippen molar-refractivity contribution in [1.29, 1.82) is 0 Å². The molecule has 0 spiro atoms. The quantitative estimate of drug-likeness (QED) is 0.642. The molecule has 0 saturated heterocycles. The second-order valence-corrected chi connectivity index (χ2v) is 5.55. The third-order valence-corrected chi connectivity index (χ3v) is 3.81. The lowest BCUT2D eigenvalue weighted by molar-refractivity contribution is -0.384. The van der Waals surface area contributed by atoms with Crippen molar-refractivity contribution in [1.82, 2.24) is 5.32 Å². The van der Waals surface area contributed by atoms with Crippen molar-refractivity contribution in [2.45, 2.75) is 39.2 Å². The third kappa shape index (κ3) is 3.29. The Hall–Kier alpha value is -1.42. The number of nitrogens with zero attached hydrogens (tertiary/aromatic N) is 1. The third-order valence-electron chi connectivity index (χ3n) is 3.81. The summed E-state index contributed by atoms with van der Waals surface area (Å²) in [6.45, 7) is 4.02. The van der Waals surface area contributed by atoms with E-state index in [1.54, 1.807) is 12.1 Å². The van der Waals surface area contributed by atoms with Crippen LogP contribution in [0.4, 0.5) is 5.69 Å². The van der Waals surface area contributed by atoms with E-state index in [9.17, 15) is 10.1 Å². The number of nitro benzene ring substituents is 1. The summed E-state index contributed by atoms with van der Waals surface area (Å²) in [5.74, 6) is 0. The number of benzene rings is 1. The maximum absolute atomic E-state index is 10.7.